The summed E-state index contributed by atoms with van der Waals surface area (Å²) in [6.07, 6.45) is -3.24. The number of hydrogen-bond acceptors (Lipinski definition) is 4. The number of nitrogens with one attached hydrogen (secondary N) is 1. The summed E-state index contributed by atoms with van der Waals surface area (Å²) in [4.78, 5) is 12.3. The molecule has 0 aliphatic carbocycles. The molecule has 0 fully saturated rings. The van der Waals surface area contributed by atoms with Gasteiger partial charge in [0.05, 0.1) is 19.9 Å². The van der Waals surface area contributed by atoms with Crippen molar-refractivity contribution in [3.63, 3.8) is 0 Å². The van der Waals surface area contributed by atoms with E-state index in [1.54, 1.807) is 42.5 Å². The van der Waals surface area contributed by atoms with Crippen LogP contribution in [0.4, 0.5) is 13.2 Å². The summed E-state index contributed by atoms with van der Waals surface area (Å²) in [5.41, 5.74) is 0.723. The largest absolute Gasteiger partial charge is 0.493 e. The number of benzene rings is 2. The summed E-state index contributed by atoms with van der Waals surface area (Å²) in [5, 5.41) is 6.31. The minimum Gasteiger partial charge on any atom is -0.493 e. The molecular weight excluding hydrogens is 387 g/mol. The molecule has 1 heterocycles. The predicted octanol–water partition coefficient (Wildman–Crippen LogP) is 3.84. The number of alkyl halides is 3. The number of hydrogen-bond donors (Lipinski definition) is 1. The van der Waals surface area contributed by atoms with Gasteiger partial charge in [-0.05, 0) is 42.0 Å². The Balaban J connectivity index is 1.64. The van der Waals surface area contributed by atoms with E-state index in [2.05, 4.69) is 10.4 Å². The first kappa shape index (κ1) is 20.2. The molecule has 1 N–H and O–H groups in total. The van der Waals surface area contributed by atoms with Crippen molar-refractivity contribution in [2.24, 2.45) is 0 Å². The van der Waals surface area contributed by atoms with E-state index in [1.807, 2.05) is 0 Å². The zero-order valence-corrected chi connectivity index (χ0v) is 15.7. The van der Waals surface area contributed by atoms with Crippen LogP contribution in [0.5, 0.6) is 11.5 Å². The minimum absolute atomic E-state index is 0.250. The first-order chi connectivity index (χ1) is 13.8. The minimum atomic E-state index is -4.49. The van der Waals surface area contributed by atoms with Crippen molar-refractivity contribution in [2.45, 2.75) is 12.7 Å². The number of rotatable bonds is 6. The van der Waals surface area contributed by atoms with Crippen LogP contribution < -0.4 is 14.8 Å². The zero-order valence-electron chi connectivity index (χ0n) is 15.7. The van der Waals surface area contributed by atoms with E-state index < -0.39 is 11.9 Å². The van der Waals surface area contributed by atoms with Gasteiger partial charge in [0.25, 0.3) is 5.91 Å². The standard InChI is InChI=1S/C20H18F3N3O3/c1-28-16-8-5-14(11-17(16)29-2)19(27)24-12-13-3-6-15(7-4-13)26-10-9-18(25-26)20(21,22)23/h3-11H,12H2,1-2H3,(H,24,27). The molecule has 0 saturated heterocycles. The fraction of sp³-hybridized carbons (Fsp3) is 0.200. The number of halogens is 3. The molecule has 0 saturated carbocycles. The summed E-state index contributed by atoms with van der Waals surface area (Å²) < 4.78 is 49.4. The molecule has 0 aliphatic rings. The highest BCUT2D eigenvalue weighted by Gasteiger charge is 2.33. The topological polar surface area (TPSA) is 65.4 Å². The summed E-state index contributed by atoms with van der Waals surface area (Å²) in [7, 11) is 2.99. The third kappa shape index (κ3) is 4.68. The van der Waals surface area contributed by atoms with Crippen LogP contribution >= 0.6 is 0 Å². The molecular formula is C20H18F3N3O3. The van der Waals surface area contributed by atoms with Gasteiger partial charge in [-0.1, -0.05) is 12.1 Å². The van der Waals surface area contributed by atoms with Crippen molar-refractivity contribution in [2.75, 3.05) is 14.2 Å². The van der Waals surface area contributed by atoms with Gasteiger partial charge in [-0.15, -0.1) is 0 Å². The van der Waals surface area contributed by atoms with E-state index in [-0.39, 0.29) is 12.5 Å². The third-order valence-corrected chi connectivity index (χ3v) is 4.18. The van der Waals surface area contributed by atoms with Crippen molar-refractivity contribution in [3.8, 4) is 17.2 Å². The fourth-order valence-corrected chi connectivity index (χ4v) is 2.65. The van der Waals surface area contributed by atoms with Crippen molar-refractivity contribution >= 4 is 5.91 Å². The van der Waals surface area contributed by atoms with Crippen LogP contribution in [-0.2, 0) is 12.7 Å². The molecule has 0 spiro atoms. The van der Waals surface area contributed by atoms with Gasteiger partial charge >= 0.3 is 6.18 Å². The number of amides is 1. The van der Waals surface area contributed by atoms with Crippen molar-refractivity contribution in [3.05, 3.63) is 71.5 Å². The second-order valence-electron chi connectivity index (χ2n) is 6.06. The van der Waals surface area contributed by atoms with Crippen LogP contribution in [0, 0.1) is 0 Å². The number of nitrogens with zero attached hydrogens (tertiary/aromatic N) is 2. The average molecular weight is 405 g/mol. The molecule has 3 aromatic rings. The molecule has 0 aliphatic heterocycles. The maximum atomic E-state index is 12.7. The number of carbonyl (C=O) groups excluding carboxylic acids is 1. The lowest BCUT2D eigenvalue weighted by molar-refractivity contribution is -0.141. The normalized spacial score (nSPS) is 11.2. The van der Waals surface area contributed by atoms with Gasteiger partial charge in [0.15, 0.2) is 17.2 Å². The second-order valence-corrected chi connectivity index (χ2v) is 6.06. The van der Waals surface area contributed by atoms with Gasteiger partial charge < -0.3 is 14.8 Å². The van der Waals surface area contributed by atoms with Gasteiger partial charge in [0.1, 0.15) is 0 Å². The van der Waals surface area contributed by atoms with Crippen molar-refractivity contribution in [1.82, 2.24) is 15.1 Å². The van der Waals surface area contributed by atoms with Gasteiger partial charge in [-0.3, -0.25) is 4.79 Å². The Morgan fingerprint density at radius 2 is 1.72 bits per heavy atom. The molecule has 29 heavy (non-hydrogen) atoms. The van der Waals surface area contributed by atoms with E-state index in [9.17, 15) is 18.0 Å². The highest BCUT2D eigenvalue weighted by Crippen LogP contribution is 2.28. The highest BCUT2D eigenvalue weighted by atomic mass is 19.4. The molecule has 1 aromatic heterocycles. The van der Waals surface area contributed by atoms with E-state index in [0.29, 0.717) is 22.7 Å². The molecule has 3 rings (SSSR count). The lowest BCUT2D eigenvalue weighted by Crippen LogP contribution is -2.22. The molecule has 152 valence electrons. The number of carbonyl (C=O) groups is 1. The zero-order chi connectivity index (χ0) is 21.0. The Kier molecular flexibility index (Phi) is 5.76. The van der Waals surface area contributed by atoms with Gasteiger partial charge in [-0.25, -0.2) is 4.68 Å². The van der Waals surface area contributed by atoms with E-state index >= 15 is 0 Å². The molecule has 1 amide bonds. The van der Waals surface area contributed by atoms with Crippen LogP contribution in [-0.4, -0.2) is 29.9 Å². The van der Waals surface area contributed by atoms with Crippen LogP contribution in [0.3, 0.4) is 0 Å². The SMILES string of the molecule is COc1ccc(C(=O)NCc2ccc(-n3ccc(C(F)(F)F)n3)cc2)cc1OC. The Bertz CT molecular complexity index is 998. The molecule has 6 nitrogen and oxygen atoms in total. The lowest BCUT2D eigenvalue weighted by Gasteiger charge is -2.10. The molecule has 0 bridgehead atoms. The van der Waals surface area contributed by atoms with E-state index in [0.717, 1.165) is 16.3 Å². The van der Waals surface area contributed by atoms with Crippen molar-refractivity contribution in [1.29, 1.82) is 0 Å². The molecule has 9 heteroatoms. The summed E-state index contributed by atoms with van der Waals surface area (Å²) in [6.45, 7) is 0.250. The van der Waals surface area contributed by atoms with Gasteiger partial charge in [0, 0.05) is 18.3 Å². The Hall–Kier alpha value is -3.49. The predicted molar refractivity (Wildman–Crippen MR) is 99.3 cm³/mol. The number of methoxy groups -OCH3 is 2. The number of ether oxygens (including phenoxy) is 2. The highest BCUT2D eigenvalue weighted by molar-refractivity contribution is 5.94. The summed E-state index contributed by atoms with van der Waals surface area (Å²) in [5.74, 6) is 0.672. The summed E-state index contributed by atoms with van der Waals surface area (Å²) in [6, 6.07) is 12.4. The number of aromatic nitrogens is 2. The first-order valence-corrected chi connectivity index (χ1v) is 8.54. The molecule has 0 unspecified atom stereocenters. The van der Waals surface area contributed by atoms with Crippen LogP contribution in [0.1, 0.15) is 21.6 Å². The van der Waals surface area contributed by atoms with Crippen LogP contribution in [0.15, 0.2) is 54.7 Å². The molecule has 2 aromatic carbocycles. The maximum Gasteiger partial charge on any atom is 0.435 e. The average Bonchev–Trinajstić information content (AvgIpc) is 3.22. The first-order valence-electron chi connectivity index (χ1n) is 8.54. The maximum absolute atomic E-state index is 12.7. The third-order valence-electron chi connectivity index (χ3n) is 4.18. The Morgan fingerprint density at radius 1 is 1.03 bits per heavy atom. The van der Waals surface area contributed by atoms with Crippen LogP contribution in [0.2, 0.25) is 0 Å². The van der Waals surface area contributed by atoms with Crippen LogP contribution in [0.25, 0.3) is 5.69 Å². The fourth-order valence-electron chi connectivity index (χ4n) is 2.65. The van der Waals surface area contributed by atoms with E-state index in [1.165, 1.54) is 20.4 Å². The Morgan fingerprint density at radius 3 is 2.31 bits per heavy atom. The Labute approximate surface area is 164 Å². The lowest BCUT2D eigenvalue weighted by atomic mass is 10.1. The van der Waals surface area contributed by atoms with Gasteiger partial charge in [-0.2, -0.15) is 18.3 Å². The van der Waals surface area contributed by atoms with Crippen molar-refractivity contribution < 1.29 is 27.4 Å². The monoisotopic (exact) mass is 405 g/mol. The van der Waals surface area contributed by atoms with E-state index in [4.69, 9.17) is 9.47 Å². The van der Waals surface area contributed by atoms with Gasteiger partial charge in [0.2, 0.25) is 0 Å². The smallest absolute Gasteiger partial charge is 0.435 e. The molecule has 0 radical (unpaired) electrons. The molecule has 0 atom stereocenters. The summed E-state index contributed by atoms with van der Waals surface area (Å²) >= 11 is 0. The second kappa shape index (κ2) is 8.26. The quantitative estimate of drug-likeness (QED) is 0.677.